The Balaban J connectivity index is 1.59. The van der Waals surface area contributed by atoms with Crippen LogP contribution in [0.2, 0.25) is 0 Å². The van der Waals surface area contributed by atoms with Gasteiger partial charge in [0.1, 0.15) is 5.75 Å². The molecular weight excluding hydrogens is 366 g/mol. The fraction of sp³-hybridized carbons (Fsp3) is 0.217. The summed E-state index contributed by atoms with van der Waals surface area (Å²) in [5.41, 5.74) is 4.90. The molecule has 0 spiro atoms. The molecule has 0 unspecified atom stereocenters. The lowest BCUT2D eigenvalue weighted by molar-refractivity contribution is -0.118. The van der Waals surface area contributed by atoms with Gasteiger partial charge in [0.15, 0.2) is 6.61 Å². The number of fused-ring (bicyclic) bond motifs is 1. The molecule has 0 saturated heterocycles. The molecule has 0 saturated carbocycles. The van der Waals surface area contributed by atoms with Crippen LogP contribution in [0.15, 0.2) is 54.6 Å². The van der Waals surface area contributed by atoms with Crippen molar-refractivity contribution < 1.29 is 14.3 Å². The van der Waals surface area contributed by atoms with E-state index in [2.05, 4.69) is 34.3 Å². The van der Waals surface area contributed by atoms with Gasteiger partial charge in [0.2, 0.25) is 0 Å². The third-order valence-electron chi connectivity index (χ3n) is 5.27. The minimum absolute atomic E-state index is 0.00426. The molecule has 2 heterocycles. The maximum atomic E-state index is 12.9. The number of carbonyl (C=O) groups is 2. The summed E-state index contributed by atoms with van der Waals surface area (Å²) in [5.74, 6) is 0.199. The third-order valence-corrected chi connectivity index (χ3v) is 5.27. The molecular formula is C23H23N3O3. The largest absolute Gasteiger partial charge is 0.482 e. The number of nitrogens with zero attached hydrogens (tertiary/aromatic N) is 1. The average Bonchev–Trinajstić information content (AvgIpc) is 3.02. The molecule has 0 aliphatic carbocycles. The summed E-state index contributed by atoms with van der Waals surface area (Å²) in [6.45, 7) is 6.10. The number of aromatic nitrogens is 1. The number of anilines is 2. The van der Waals surface area contributed by atoms with Crippen LogP contribution in [0.1, 0.15) is 40.3 Å². The molecule has 3 aromatic rings. The molecule has 0 radical (unpaired) electrons. The number of hydrogen-bond donors (Lipinski definition) is 2. The number of benzene rings is 2. The van der Waals surface area contributed by atoms with Gasteiger partial charge in [-0.25, -0.2) is 0 Å². The van der Waals surface area contributed by atoms with E-state index in [1.807, 2.05) is 38.1 Å². The Hall–Kier alpha value is -3.54. The van der Waals surface area contributed by atoms with Crippen molar-refractivity contribution in [2.45, 2.75) is 26.8 Å². The number of hydrogen-bond acceptors (Lipinski definition) is 3. The van der Waals surface area contributed by atoms with Crippen molar-refractivity contribution in [3.8, 4) is 5.75 Å². The number of aryl methyl sites for hydroxylation is 1. The topological polar surface area (TPSA) is 72.4 Å². The first-order chi connectivity index (χ1) is 13.9. The van der Waals surface area contributed by atoms with Gasteiger partial charge in [-0.2, -0.15) is 0 Å². The van der Waals surface area contributed by atoms with Crippen LogP contribution in [0.25, 0.3) is 0 Å². The second kappa shape index (κ2) is 7.47. The van der Waals surface area contributed by atoms with Gasteiger partial charge in [-0.1, -0.05) is 30.3 Å². The molecule has 1 aromatic heterocycles. The Kier molecular flexibility index (Phi) is 4.84. The van der Waals surface area contributed by atoms with Gasteiger partial charge in [-0.15, -0.1) is 0 Å². The van der Waals surface area contributed by atoms with E-state index in [0.29, 0.717) is 22.7 Å². The normalized spacial score (nSPS) is 13.8. The smallest absolute Gasteiger partial charge is 0.262 e. The Labute approximate surface area is 169 Å². The Bertz CT molecular complexity index is 1090. The van der Waals surface area contributed by atoms with Gasteiger partial charge in [0, 0.05) is 17.1 Å². The summed E-state index contributed by atoms with van der Waals surface area (Å²) in [7, 11) is 0. The standard InChI is InChI=1S/C23H23N3O3/c1-14-11-19(16(3)26(14)15(2)17-7-5-4-6-8-17)23(28)24-18-9-10-21-20(12-18)25-22(27)13-29-21/h4-12,15H,13H2,1-3H3,(H,24,28)(H,25,27)/t15-/m0/s1. The first-order valence-corrected chi connectivity index (χ1v) is 9.55. The van der Waals surface area contributed by atoms with Gasteiger partial charge in [-0.3, -0.25) is 9.59 Å². The van der Waals surface area contributed by atoms with Crippen molar-refractivity contribution in [1.29, 1.82) is 0 Å². The highest BCUT2D eigenvalue weighted by Gasteiger charge is 2.21. The highest BCUT2D eigenvalue weighted by atomic mass is 16.5. The fourth-order valence-corrected chi connectivity index (χ4v) is 3.84. The zero-order chi connectivity index (χ0) is 20.5. The highest BCUT2D eigenvalue weighted by molar-refractivity contribution is 6.06. The molecule has 6 nitrogen and oxygen atoms in total. The van der Waals surface area contributed by atoms with Crippen molar-refractivity contribution >= 4 is 23.2 Å². The maximum absolute atomic E-state index is 12.9. The summed E-state index contributed by atoms with van der Waals surface area (Å²) >= 11 is 0. The molecule has 1 atom stereocenters. The molecule has 0 fully saturated rings. The Morgan fingerprint density at radius 2 is 1.90 bits per heavy atom. The van der Waals surface area contributed by atoms with Crippen LogP contribution in [-0.4, -0.2) is 23.0 Å². The molecule has 2 aromatic carbocycles. The van der Waals surface area contributed by atoms with E-state index in [4.69, 9.17) is 4.74 Å². The second-order valence-electron chi connectivity index (χ2n) is 7.24. The van der Waals surface area contributed by atoms with Crippen LogP contribution in [0.4, 0.5) is 11.4 Å². The molecule has 1 aliphatic rings. The monoisotopic (exact) mass is 389 g/mol. The Morgan fingerprint density at radius 1 is 1.14 bits per heavy atom. The number of amides is 2. The van der Waals surface area contributed by atoms with Crippen molar-refractivity contribution in [2.75, 3.05) is 17.2 Å². The number of nitrogens with one attached hydrogen (secondary N) is 2. The molecule has 2 amide bonds. The van der Waals surface area contributed by atoms with Crippen molar-refractivity contribution in [2.24, 2.45) is 0 Å². The first kappa shape index (κ1) is 18.8. The van der Waals surface area contributed by atoms with E-state index in [1.165, 1.54) is 5.56 Å². The van der Waals surface area contributed by atoms with Gasteiger partial charge < -0.3 is 19.9 Å². The first-order valence-electron chi connectivity index (χ1n) is 9.55. The molecule has 148 valence electrons. The predicted molar refractivity (Wildman–Crippen MR) is 113 cm³/mol. The highest BCUT2D eigenvalue weighted by Crippen LogP contribution is 2.31. The number of ether oxygens (including phenoxy) is 1. The van der Waals surface area contributed by atoms with E-state index < -0.39 is 0 Å². The summed E-state index contributed by atoms with van der Waals surface area (Å²) in [6, 6.07) is 17.5. The minimum Gasteiger partial charge on any atom is -0.482 e. The van der Waals surface area contributed by atoms with E-state index in [1.54, 1.807) is 18.2 Å². The van der Waals surface area contributed by atoms with Crippen molar-refractivity contribution in [3.63, 3.8) is 0 Å². The molecule has 0 bridgehead atoms. The van der Waals surface area contributed by atoms with E-state index in [-0.39, 0.29) is 24.5 Å². The molecule has 1 aliphatic heterocycles. The number of rotatable bonds is 4. The lowest BCUT2D eigenvalue weighted by Crippen LogP contribution is -2.25. The quantitative estimate of drug-likeness (QED) is 0.699. The zero-order valence-corrected chi connectivity index (χ0v) is 16.7. The summed E-state index contributed by atoms with van der Waals surface area (Å²) in [4.78, 5) is 24.5. The average molecular weight is 389 g/mol. The minimum atomic E-state index is -0.209. The summed E-state index contributed by atoms with van der Waals surface area (Å²) < 4.78 is 7.53. The van der Waals surface area contributed by atoms with Crippen molar-refractivity contribution in [3.05, 3.63) is 77.1 Å². The SMILES string of the molecule is Cc1cc(C(=O)Nc2ccc3c(c2)NC(=O)CO3)c(C)n1[C@@H](C)c1ccccc1. The van der Waals surface area contributed by atoms with E-state index in [9.17, 15) is 9.59 Å². The van der Waals surface area contributed by atoms with E-state index in [0.717, 1.165) is 11.4 Å². The van der Waals surface area contributed by atoms with Crippen LogP contribution in [-0.2, 0) is 4.79 Å². The van der Waals surface area contributed by atoms with Crippen LogP contribution in [0.5, 0.6) is 5.75 Å². The second-order valence-corrected chi connectivity index (χ2v) is 7.24. The lowest BCUT2D eigenvalue weighted by Gasteiger charge is -2.19. The third kappa shape index (κ3) is 3.61. The molecule has 2 N–H and O–H groups in total. The summed E-state index contributed by atoms with van der Waals surface area (Å²) in [5, 5.41) is 5.68. The summed E-state index contributed by atoms with van der Waals surface area (Å²) in [6.07, 6.45) is 0. The maximum Gasteiger partial charge on any atom is 0.262 e. The predicted octanol–water partition coefficient (Wildman–Crippen LogP) is 4.30. The van der Waals surface area contributed by atoms with Gasteiger partial charge in [0.25, 0.3) is 11.8 Å². The fourth-order valence-electron chi connectivity index (χ4n) is 3.84. The number of carbonyl (C=O) groups excluding carboxylic acids is 2. The molecule has 6 heteroatoms. The zero-order valence-electron chi connectivity index (χ0n) is 16.7. The van der Waals surface area contributed by atoms with Gasteiger partial charge in [0.05, 0.1) is 17.3 Å². The molecule has 29 heavy (non-hydrogen) atoms. The van der Waals surface area contributed by atoms with Crippen molar-refractivity contribution in [1.82, 2.24) is 4.57 Å². The van der Waals surface area contributed by atoms with Crippen LogP contribution in [0.3, 0.4) is 0 Å². The van der Waals surface area contributed by atoms with Crippen LogP contribution < -0.4 is 15.4 Å². The van der Waals surface area contributed by atoms with Crippen LogP contribution >= 0.6 is 0 Å². The van der Waals surface area contributed by atoms with E-state index >= 15 is 0 Å². The van der Waals surface area contributed by atoms with Gasteiger partial charge >= 0.3 is 0 Å². The molecule has 4 rings (SSSR count). The Morgan fingerprint density at radius 3 is 2.66 bits per heavy atom. The lowest BCUT2D eigenvalue weighted by atomic mass is 10.1. The van der Waals surface area contributed by atoms with Crippen LogP contribution in [0, 0.1) is 13.8 Å². The van der Waals surface area contributed by atoms with Gasteiger partial charge in [-0.05, 0) is 50.6 Å².